The lowest BCUT2D eigenvalue weighted by atomic mass is 9.96. The van der Waals surface area contributed by atoms with Crippen molar-refractivity contribution < 1.29 is 50.0 Å². The van der Waals surface area contributed by atoms with E-state index in [-0.39, 0.29) is 51.3 Å². The average Bonchev–Trinajstić information content (AvgIpc) is 3.75. The van der Waals surface area contributed by atoms with Gasteiger partial charge in [0.15, 0.2) is 9.84 Å². The van der Waals surface area contributed by atoms with Crippen molar-refractivity contribution in [2.45, 2.75) is 66.8 Å². The minimum atomic E-state index is -4.54. The number of sulfonamides is 1. The number of carboxylic acids is 1. The Hall–Kier alpha value is -5.41. The summed E-state index contributed by atoms with van der Waals surface area (Å²) >= 11 is 7.86. The van der Waals surface area contributed by atoms with Gasteiger partial charge in [-0.3, -0.25) is 9.25 Å². The number of nitrogens with one attached hydrogen (secondary N) is 2. The molecule has 0 bridgehead atoms. The molecule has 3 heterocycles. The van der Waals surface area contributed by atoms with Gasteiger partial charge in [-0.05, 0) is 155 Å². The third-order valence-electron chi connectivity index (χ3n) is 13.8. The number of thioether (sulfide) groups is 1. The van der Waals surface area contributed by atoms with Gasteiger partial charge in [0.25, 0.3) is 10.0 Å². The molecule has 5 N–H and O–H groups in total. The highest BCUT2D eigenvalue weighted by Gasteiger charge is 2.30. The number of likely N-dealkylation sites (tertiary alicyclic amines) is 1. The van der Waals surface area contributed by atoms with Crippen LogP contribution in [0.25, 0.3) is 22.4 Å². The first-order valence-electron chi connectivity index (χ1n) is 24.9. The van der Waals surface area contributed by atoms with Crippen LogP contribution in [0.4, 0.5) is 27.1 Å². The third kappa shape index (κ3) is 14.2. The quantitative estimate of drug-likeness (QED) is 0.0335. The summed E-state index contributed by atoms with van der Waals surface area (Å²) in [5.41, 5.74) is 4.93. The van der Waals surface area contributed by atoms with Gasteiger partial charge in [0.1, 0.15) is 5.82 Å². The molecule has 1 aromatic heterocycles. The van der Waals surface area contributed by atoms with Crippen LogP contribution in [0.3, 0.4) is 0 Å². The predicted molar refractivity (Wildman–Crippen MR) is 300 cm³/mol. The molecule has 406 valence electrons. The minimum Gasteiger partial charge on any atom is -0.478 e. The lowest BCUT2D eigenvalue weighted by molar-refractivity contribution is 0.0696. The lowest BCUT2D eigenvalue weighted by Gasteiger charge is -2.37. The Morgan fingerprint density at radius 2 is 1.49 bits per heavy atom. The van der Waals surface area contributed by atoms with Crippen LogP contribution in [0.5, 0.6) is 0 Å². The van der Waals surface area contributed by atoms with E-state index in [1.807, 2.05) is 66.9 Å². The zero-order valence-electron chi connectivity index (χ0n) is 42.6. The van der Waals surface area contributed by atoms with Gasteiger partial charge < -0.3 is 39.5 Å². The molecule has 22 heteroatoms. The van der Waals surface area contributed by atoms with Gasteiger partial charge in [-0.1, -0.05) is 41.9 Å². The summed E-state index contributed by atoms with van der Waals surface area (Å²) in [4.78, 5) is 38.2. The first kappa shape index (κ1) is 56.8. The number of nitrogens with zero attached hydrogens (tertiary/aromatic N) is 4. The lowest BCUT2D eigenvalue weighted by Crippen LogP contribution is -2.46. The molecule has 5 aromatic carbocycles. The number of aromatic nitrogens is 1. The highest BCUT2D eigenvalue weighted by atomic mass is 35.5. The molecular weight excluding hydrogens is 1070 g/mol. The van der Waals surface area contributed by atoms with Crippen molar-refractivity contribution in [3.8, 4) is 22.4 Å². The molecule has 0 radical (unpaired) electrons. The number of phosphoric ester groups is 1. The Balaban J connectivity index is 0.932. The van der Waals surface area contributed by atoms with Crippen LogP contribution in [0.15, 0.2) is 130 Å². The SMILES string of the molecule is Cc1c(C(=O)O)c(-c2cc(F)cc(N3CCN(c4ccc(NS(=O)(=O)c5ccc(NC(CCN6CCC(COP(=O)(O)O)CC6)CSc6ccccc6)c(S(C)(=O)=O)c5)cc4)CC3)c2)c(-c2ccc(Cl)cc2)n1C(C)C. The van der Waals surface area contributed by atoms with Crippen LogP contribution in [-0.2, 0) is 28.9 Å². The fraction of sp³-hybridized carbons (Fsp3) is 0.352. The summed E-state index contributed by atoms with van der Waals surface area (Å²) in [5, 5.41) is 14.5. The van der Waals surface area contributed by atoms with Crippen LogP contribution in [0.1, 0.15) is 55.2 Å². The van der Waals surface area contributed by atoms with Gasteiger partial charge in [-0.2, -0.15) is 0 Å². The highest BCUT2D eigenvalue weighted by Crippen LogP contribution is 2.43. The number of piperazine rings is 1. The maximum Gasteiger partial charge on any atom is 0.469 e. The molecule has 0 spiro atoms. The van der Waals surface area contributed by atoms with E-state index in [1.54, 1.807) is 55.1 Å². The number of hydrogen-bond donors (Lipinski definition) is 5. The third-order valence-corrected chi connectivity index (χ3v) is 18.2. The fourth-order valence-corrected chi connectivity index (χ4v) is 13.6. The van der Waals surface area contributed by atoms with Gasteiger partial charge >= 0.3 is 13.8 Å². The van der Waals surface area contributed by atoms with Crippen LogP contribution in [-0.4, -0.2) is 118 Å². The van der Waals surface area contributed by atoms with Gasteiger partial charge in [0.05, 0.1) is 33.3 Å². The zero-order valence-corrected chi connectivity index (χ0v) is 46.7. The Morgan fingerprint density at radius 3 is 2.09 bits per heavy atom. The van der Waals surface area contributed by atoms with Crippen molar-refractivity contribution in [3.05, 3.63) is 137 Å². The van der Waals surface area contributed by atoms with E-state index in [2.05, 4.69) is 24.7 Å². The maximum absolute atomic E-state index is 15.7. The molecule has 0 saturated carbocycles. The number of carbonyl (C=O) groups is 1. The van der Waals surface area contributed by atoms with Gasteiger partial charge in [0, 0.05) is 95.1 Å². The number of halogens is 2. The number of aromatic carboxylic acids is 1. The molecule has 1 atom stereocenters. The van der Waals surface area contributed by atoms with Crippen LogP contribution >= 0.6 is 31.2 Å². The summed E-state index contributed by atoms with van der Waals surface area (Å²) in [6.07, 6.45) is 3.10. The molecule has 2 fully saturated rings. The maximum atomic E-state index is 15.7. The molecule has 6 aromatic rings. The molecule has 0 amide bonds. The van der Waals surface area contributed by atoms with E-state index < -0.39 is 39.5 Å². The number of phosphoric acid groups is 1. The number of carboxylic acid groups (broad SMARTS) is 1. The Kier molecular flexibility index (Phi) is 18.0. The van der Waals surface area contributed by atoms with Crippen LogP contribution < -0.4 is 19.8 Å². The van der Waals surface area contributed by atoms with E-state index in [9.17, 15) is 31.3 Å². The van der Waals surface area contributed by atoms with Crippen molar-refractivity contribution in [1.82, 2.24) is 9.47 Å². The first-order valence-corrected chi connectivity index (χ1v) is 31.2. The van der Waals surface area contributed by atoms with Gasteiger partial charge in [-0.25, -0.2) is 30.6 Å². The minimum absolute atomic E-state index is 0.00766. The van der Waals surface area contributed by atoms with Gasteiger partial charge in [-0.15, -0.1) is 11.8 Å². The monoisotopic (exact) mass is 1140 g/mol. The number of hydrogen-bond acceptors (Lipinski definition) is 12. The molecular formula is C54H63ClFN6O10PS3. The summed E-state index contributed by atoms with van der Waals surface area (Å²) in [7, 11) is -12.7. The summed E-state index contributed by atoms with van der Waals surface area (Å²) in [5.74, 6) is -1.000. The van der Waals surface area contributed by atoms with E-state index >= 15 is 4.39 Å². The Morgan fingerprint density at radius 1 is 0.842 bits per heavy atom. The van der Waals surface area contributed by atoms with E-state index in [1.165, 1.54) is 30.3 Å². The normalized spacial score (nSPS) is 15.5. The summed E-state index contributed by atoms with van der Waals surface area (Å²) in [6.45, 7) is 9.94. The molecule has 76 heavy (non-hydrogen) atoms. The highest BCUT2D eigenvalue weighted by molar-refractivity contribution is 7.99. The molecule has 1 unspecified atom stereocenters. The molecule has 2 aliphatic rings. The molecule has 0 aliphatic carbocycles. The summed E-state index contributed by atoms with van der Waals surface area (Å²) < 4.78 is 90.7. The second kappa shape index (κ2) is 24.1. The molecule has 2 saturated heterocycles. The molecule has 8 rings (SSSR count). The van der Waals surface area contributed by atoms with Crippen molar-refractivity contribution in [2.75, 3.05) is 84.3 Å². The van der Waals surface area contributed by atoms with E-state index in [0.29, 0.717) is 104 Å². The van der Waals surface area contributed by atoms with Crippen molar-refractivity contribution in [3.63, 3.8) is 0 Å². The van der Waals surface area contributed by atoms with Crippen LogP contribution in [0, 0.1) is 18.7 Å². The number of sulfone groups is 1. The second-order valence-corrected chi connectivity index (χ2v) is 26.0. The number of piperidine rings is 1. The fourth-order valence-electron chi connectivity index (χ4n) is 10.0. The number of anilines is 4. The standard InChI is InChI=1S/C54H63ClFN6O10PS3/c1-36(2)62-37(3)51(54(63)64)52(53(62)39-10-12-41(55)13-11-39)40-30-42(56)32-46(31-40)61-28-26-60(27-29-61)45-16-14-43(15-17-45)58-76(70,71)48-18-19-49(50(33-48)75(4,68)69)57-44(35-74-47-8-6-5-7-9-47)22-25-59-23-20-38(21-24-59)34-72-73(65,66)67/h5-19,30-33,36,38,44,57-58H,20-29,34-35H2,1-4H3,(H,63,64)(H2,65,66,67). The van der Waals surface area contributed by atoms with Gasteiger partial charge in [0.2, 0.25) is 0 Å². The Bertz CT molecular complexity index is 3300. The smallest absolute Gasteiger partial charge is 0.469 e. The second-order valence-electron chi connectivity index (χ2n) is 19.5. The van der Waals surface area contributed by atoms with E-state index in [4.69, 9.17) is 25.9 Å². The number of benzene rings is 5. The van der Waals surface area contributed by atoms with Crippen molar-refractivity contribution >= 4 is 79.8 Å². The first-order chi connectivity index (χ1) is 36.0. The Labute approximate surface area is 453 Å². The zero-order chi connectivity index (χ0) is 54.5. The predicted octanol–water partition coefficient (Wildman–Crippen LogP) is 10.5. The average molecular weight is 1140 g/mol. The largest absolute Gasteiger partial charge is 0.478 e. The molecule has 2 aliphatic heterocycles. The van der Waals surface area contributed by atoms with Crippen molar-refractivity contribution in [2.24, 2.45) is 5.92 Å². The van der Waals surface area contributed by atoms with Crippen molar-refractivity contribution in [1.29, 1.82) is 0 Å². The number of rotatable bonds is 21. The topological polar surface area (TPSA) is 211 Å². The molecule has 16 nitrogen and oxygen atoms in total. The van der Waals surface area contributed by atoms with E-state index in [0.717, 1.165) is 22.4 Å². The summed E-state index contributed by atoms with van der Waals surface area (Å²) in [6, 6.07) is 32.2. The van der Waals surface area contributed by atoms with Crippen LogP contribution in [0.2, 0.25) is 5.02 Å².